The number of aliphatic hydroxyl groups is 1. The zero-order valence-corrected chi connectivity index (χ0v) is 11.2. The molecule has 0 saturated heterocycles. The fraction of sp³-hybridized carbons (Fsp3) is 0.727. The number of aryl methyl sites for hydroxylation is 2. The Morgan fingerprint density at radius 1 is 1.50 bits per heavy atom. The second-order valence-electron chi connectivity index (χ2n) is 4.10. The molecule has 3 N–H and O–H groups in total. The first-order valence-electron chi connectivity index (χ1n) is 5.63. The lowest BCUT2D eigenvalue weighted by Crippen LogP contribution is -2.15. The predicted molar refractivity (Wildman–Crippen MR) is 68.6 cm³/mol. The van der Waals surface area contributed by atoms with Crippen LogP contribution in [0.5, 0.6) is 0 Å². The molecule has 0 spiro atoms. The molecule has 0 saturated carbocycles. The molecule has 0 aliphatic carbocycles. The van der Waals surface area contributed by atoms with E-state index in [0.717, 1.165) is 29.2 Å². The Bertz CT molecular complexity index is 349. The summed E-state index contributed by atoms with van der Waals surface area (Å²) in [5.74, 6) is 0. The number of rotatable bonds is 5. The Hall–Kier alpha value is -0.680. The summed E-state index contributed by atoms with van der Waals surface area (Å²) >= 11 is 1.58. The van der Waals surface area contributed by atoms with Crippen LogP contribution < -0.4 is 5.73 Å². The van der Waals surface area contributed by atoms with Gasteiger partial charge in [-0.15, -0.1) is 0 Å². The molecule has 0 aliphatic heterocycles. The van der Waals surface area contributed by atoms with Crippen LogP contribution in [0.4, 0.5) is 5.69 Å². The Kier molecular flexibility index (Phi) is 4.68. The summed E-state index contributed by atoms with van der Waals surface area (Å²) in [6, 6.07) is 0. The van der Waals surface area contributed by atoms with Crippen molar-refractivity contribution in [2.24, 2.45) is 7.05 Å². The Balaban J connectivity index is 2.87. The summed E-state index contributed by atoms with van der Waals surface area (Å²) in [5.41, 5.74) is 7.78. The van der Waals surface area contributed by atoms with Crippen molar-refractivity contribution in [3.63, 3.8) is 0 Å². The summed E-state index contributed by atoms with van der Waals surface area (Å²) < 4.78 is 1.81. The average Bonchev–Trinajstić information content (AvgIpc) is 2.46. The highest BCUT2D eigenvalue weighted by Gasteiger charge is 2.18. The van der Waals surface area contributed by atoms with Crippen LogP contribution >= 0.6 is 11.8 Å². The van der Waals surface area contributed by atoms with E-state index in [1.165, 1.54) is 0 Å². The minimum atomic E-state index is -0.353. The third kappa shape index (κ3) is 2.92. The van der Waals surface area contributed by atoms with E-state index in [4.69, 9.17) is 5.73 Å². The summed E-state index contributed by atoms with van der Waals surface area (Å²) in [6.07, 6.45) is 1.59. The Labute approximate surface area is 101 Å². The van der Waals surface area contributed by atoms with Crippen LogP contribution in [0.15, 0.2) is 5.03 Å². The molecule has 0 bridgehead atoms. The van der Waals surface area contributed by atoms with Crippen LogP contribution in [0.2, 0.25) is 0 Å². The van der Waals surface area contributed by atoms with Crippen molar-refractivity contribution in [3.8, 4) is 0 Å². The normalized spacial score (nSPS) is 15.1. The summed E-state index contributed by atoms with van der Waals surface area (Å²) in [6.45, 7) is 5.89. The van der Waals surface area contributed by atoms with Crippen LogP contribution in [-0.2, 0) is 13.5 Å². The highest BCUT2D eigenvalue weighted by molar-refractivity contribution is 8.00. The van der Waals surface area contributed by atoms with Crippen molar-refractivity contribution in [1.82, 2.24) is 9.78 Å². The van der Waals surface area contributed by atoms with Gasteiger partial charge in [0.05, 0.1) is 17.5 Å². The number of nitrogen functional groups attached to an aromatic ring is 1. The number of hydrogen-bond donors (Lipinski definition) is 2. The van der Waals surface area contributed by atoms with Gasteiger partial charge >= 0.3 is 0 Å². The lowest BCUT2D eigenvalue weighted by Gasteiger charge is -2.14. The lowest BCUT2D eigenvalue weighted by atomic mass is 10.2. The third-order valence-electron chi connectivity index (χ3n) is 2.57. The molecule has 1 aromatic rings. The summed E-state index contributed by atoms with van der Waals surface area (Å²) in [7, 11) is 1.90. The predicted octanol–water partition coefficient (Wildman–Crippen LogP) is 1.82. The van der Waals surface area contributed by atoms with Gasteiger partial charge in [-0.2, -0.15) is 5.10 Å². The topological polar surface area (TPSA) is 64.1 Å². The van der Waals surface area contributed by atoms with Crippen molar-refractivity contribution in [2.45, 2.75) is 50.0 Å². The van der Waals surface area contributed by atoms with Gasteiger partial charge in [-0.25, -0.2) is 0 Å². The first-order valence-corrected chi connectivity index (χ1v) is 6.51. The average molecular weight is 243 g/mol. The maximum atomic E-state index is 9.48. The number of nitrogens with two attached hydrogens (primary N) is 1. The maximum Gasteiger partial charge on any atom is 0.117 e. The van der Waals surface area contributed by atoms with Gasteiger partial charge in [-0.1, -0.05) is 32.0 Å². The van der Waals surface area contributed by atoms with E-state index < -0.39 is 0 Å². The van der Waals surface area contributed by atoms with E-state index >= 15 is 0 Å². The van der Waals surface area contributed by atoms with Gasteiger partial charge in [0.25, 0.3) is 0 Å². The van der Waals surface area contributed by atoms with Crippen molar-refractivity contribution in [2.75, 3.05) is 5.73 Å². The van der Waals surface area contributed by atoms with Crippen LogP contribution in [0.3, 0.4) is 0 Å². The second-order valence-corrected chi connectivity index (χ2v) is 5.47. The van der Waals surface area contributed by atoms with E-state index in [9.17, 15) is 5.11 Å². The Morgan fingerprint density at radius 2 is 2.12 bits per heavy atom. The molecular weight excluding hydrogens is 222 g/mol. The van der Waals surface area contributed by atoms with E-state index in [1.807, 2.05) is 18.7 Å². The molecule has 92 valence electrons. The first-order chi connectivity index (χ1) is 7.47. The third-order valence-corrected chi connectivity index (χ3v) is 4.04. The van der Waals surface area contributed by atoms with Crippen molar-refractivity contribution in [1.29, 1.82) is 0 Å². The van der Waals surface area contributed by atoms with E-state index in [2.05, 4.69) is 12.0 Å². The number of anilines is 1. The van der Waals surface area contributed by atoms with Gasteiger partial charge < -0.3 is 10.8 Å². The van der Waals surface area contributed by atoms with Crippen molar-refractivity contribution in [3.05, 3.63) is 5.69 Å². The van der Waals surface area contributed by atoms with Gasteiger partial charge in [0.1, 0.15) is 5.03 Å². The van der Waals surface area contributed by atoms with Crippen molar-refractivity contribution >= 4 is 17.4 Å². The van der Waals surface area contributed by atoms with Crippen molar-refractivity contribution < 1.29 is 5.11 Å². The molecule has 1 rings (SSSR count). The molecule has 1 aromatic heterocycles. The smallest absolute Gasteiger partial charge is 0.117 e. The van der Waals surface area contributed by atoms with E-state index in [1.54, 1.807) is 18.7 Å². The van der Waals surface area contributed by atoms with Crippen LogP contribution in [0.25, 0.3) is 0 Å². The minimum Gasteiger partial charge on any atom is -0.395 e. The largest absolute Gasteiger partial charge is 0.395 e. The molecule has 0 amide bonds. The Morgan fingerprint density at radius 3 is 2.62 bits per heavy atom. The molecule has 2 unspecified atom stereocenters. The van der Waals surface area contributed by atoms with E-state index in [-0.39, 0.29) is 11.4 Å². The zero-order chi connectivity index (χ0) is 12.3. The van der Waals surface area contributed by atoms with Gasteiger partial charge in [0.2, 0.25) is 0 Å². The highest BCUT2D eigenvalue weighted by Crippen LogP contribution is 2.32. The summed E-state index contributed by atoms with van der Waals surface area (Å²) in [5, 5.41) is 15.0. The zero-order valence-electron chi connectivity index (χ0n) is 10.4. The minimum absolute atomic E-state index is 0.118. The van der Waals surface area contributed by atoms with Gasteiger partial charge in [0.15, 0.2) is 0 Å². The summed E-state index contributed by atoms with van der Waals surface area (Å²) in [4.78, 5) is 0. The SMILES string of the molecule is CCCc1nn(C)c(SC(C)C(C)O)c1N. The molecule has 2 atom stereocenters. The first kappa shape index (κ1) is 13.4. The van der Waals surface area contributed by atoms with Crippen LogP contribution in [0.1, 0.15) is 32.9 Å². The number of aromatic nitrogens is 2. The number of aliphatic hydroxyl groups excluding tert-OH is 1. The van der Waals surface area contributed by atoms with Crippen LogP contribution in [-0.4, -0.2) is 26.2 Å². The molecule has 0 radical (unpaired) electrons. The standard InChI is InChI=1S/C11H21N3OS/c1-5-6-9-10(12)11(14(4)13-9)16-8(3)7(2)15/h7-8,15H,5-6,12H2,1-4H3. The lowest BCUT2D eigenvalue weighted by molar-refractivity contribution is 0.196. The number of hydrogen-bond acceptors (Lipinski definition) is 4. The molecule has 4 nitrogen and oxygen atoms in total. The van der Waals surface area contributed by atoms with Gasteiger partial charge in [-0.3, -0.25) is 4.68 Å². The van der Waals surface area contributed by atoms with Gasteiger partial charge in [-0.05, 0) is 13.3 Å². The van der Waals surface area contributed by atoms with E-state index in [0.29, 0.717) is 0 Å². The fourth-order valence-electron chi connectivity index (χ4n) is 1.41. The number of thioether (sulfide) groups is 1. The highest BCUT2D eigenvalue weighted by atomic mass is 32.2. The maximum absolute atomic E-state index is 9.48. The molecule has 16 heavy (non-hydrogen) atoms. The second kappa shape index (κ2) is 5.59. The quantitative estimate of drug-likeness (QED) is 0.774. The molecule has 0 aromatic carbocycles. The molecule has 0 aliphatic rings. The molecule has 0 fully saturated rings. The monoisotopic (exact) mass is 243 g/mol. The van der Waals surface area contributed by atoms with Gasteiger partial charge in [0, 0.05) is 12.3 Å². The molecule has 5 heteroatoms. The molecule has 1 heterocycles. The fourth-order valence-corrected chi connectivity index (χ4v) is 2.40. The van der Waals surface area contributed by atoms with Crippen LogP contribution in [0, 0.1) is 0 Å². The molecular formula is C11H21N3OS. The number of nitrogens with zero attached hydrogens (tertiary/aromatic N) is 2.